The molecule has 1 atom stereocenters. The molecule has 0 aromatic heterocycles. The van der Waals surface area contributed by atoms with E-state index in [1.54, 1.807) is 0 Å². The molecule has 0 amide bonds. The van der Waals surface area contributed by atoms with Crippen molar-refractivity contribution in [1.82, 2.24) is 0 Å². The quantitative estimate of drug-likeness (QED) is 0.491. The van der Waals surface area contributed by atoms with Crippen LogP contribution in [0.1, 0.15) is 6.92 Å². The Hall–Kier alpha value is -0.0765. The first-order valence-electron chi connectivity index (χ1n) is 1.55. The molecule has 46 valence electrons. The number of hydrogen-bond acceptors (Lipinski definition) is 2. The molecule has 7 heavy (non-hydrogen) atoms. The number of aliphatic hydroxyl groups is 1. The topological polar surface area (TPSA) is 57.5 Å². The molecule has 3 nitrogen and oxygen atoms in total. The molecule has 4 heteroatoms. The summed E-state index contributed by atoms with van der Waals surface area (Å²) in [6, 6.07) is 0. The van der Waals surface area contributed by atoms with Crippen LogP contribution in [0.15, 0.2) is 0 Å². The Bertz CT molecular complexity index is 61.2. The van der Waals surface area contributed by atoms with Crippen LogP contribution in [-0.2, 0) is 21.3 Å². The maximum absolute atomic E-state index is 9.45. The Balaban J connectivity index is 0. The molecule has 0 aliphatic rings. The Kier molecular flexibility index (Phi) is 5.86. The number of carboxylic acid groups (broad SMARTS) is 1. The van der Waals surface area contributed by atoms with Gasteiger partial charge in [-0.25, -0.2) is 4.79 Å². The summed E-state index contributed by atoms with van der Waals surface area (Å²) < 4.78 is 0. The SMILES string of the molecule is CC(O)C(=O)O.[Ni]. The van der Waals surface area contributed by atoms with Gasteiger partial charge in [-0.3, -0.25) is 0 Å². The van der Waals surface area contributed by atoms with Crippen molar-refractivity contribution in [3.05, 3.63) is 0 Å². The van der Waals surface area contributed by atoms with E-state index in [4.69, 9.17) is 10.2 Å². The third kappa shape index (κ3) is 5.92. The smallest absolute Gasteiger partial charge is 0.332 e. The zero-order valence-corrected chi connectivity index (χ0v) is 4.68. The summed E-state index contributed by atoms with van der Waals surface area (Å²) in [5, 5.41) is 15.8. The van der Waals surface area contributed by atoms with Gasteiger partial charge in [0.25, 0.3) is 0 Å². The summed E-state index contributed by atoms with van der Waals surface area (Å²) >= 11 is 0. The average molecular weight is 149 g/mol. The molecule has 0 aliphatic carbocycles. The van der Waals surface area contributed by atoms with E-state index in [1.165, 1.54) is 6.92 Å². The van der Waals surface area contributed by atoms with Crippen LogP contribution in [-0.4, -0.2) is 22.3 Å². The predicted molar refractivity (Wildman–Crippen MR) is 19.3 cm³/mol. The second kappa shape index (κ2) is 4.09. The van der Waals surface area contributed by atoms with E-state index in [-0.39, 0.29) is 16.5 Å². The van der Waals surface area contributed by atoms with Gasteiger partial charge in [0.15, 0.2) is 0 Å². The molecule has 0 bridgehead atoms. The van der Waals surface area contributed by atoms with Gasteiger partial charge < -0.3 is 10.2 Å². The zero-order chi connectivity index (χ0) is 5.15. The Morgan fingerprint density at radius 1 is 1.71 bits per heavy atom. The van der Waals surface area contributed by atoms with E-state index in [2.05, 4.69) is 0 Å². The molecule has 0 heterocycles. The third-order valence-corrected chi connectivity index (χ3v) is 0.357. The van der Waals surface area contributed by atoms with E-state index < -0.39 is 12.1 Å². The fourth-order valence-electron chi connectivity index (χ4n) is 0. The Morgan fingerprint density at radius 3 is 1.86 bits per heavy atom. The van der Waals surface area contributed by atoms with Gasteiger partial charge in [-0.05, 0) is 6.92 Å². The van der Waals surface area contributed by atoms with Crippen LogP contribution in [0.3, 0.4) is 0 Å². The first-order chi connectivity index (χ1) is 2.64. The van der Waals surface area contributed by atoms with Crippen LogP contribution < -0.4 is 0 Å². The molecular formula is C3H6NiO3. The van der Waals surface area contributed by atoms with Gasteiger partial charge in [0.2, 0.25) is 0 Å². The van der Waals surface area contributed by atoms with Crippen molar-refractivity contribution in [2.75, 3.05) is 0 Å². The van der Waals surface area contributed by atoms with E-state index in [1.807, 2.05) is 0 Å². The van der Waals surface area contributed by atoms with Gasteiger partial charge in [0.1, 0.15) is 6.10 Å². The number of carbonyl (C=O) groups is 1. The summed E-state index contributed by atoms with van der Waals surface area (Å²) in [6.45, 7) is 1.20. The van der Waals surface area contributed by atoms with E-state index in [9.17, 15) is 4.79 Å². The van der Waals surface area contributed by atoms with Crippen molar-refractivity contribution >= 4 is 5.97 Å². The summed E-state index contributed by atoms with van der Waals surface area (Å²) in [4.78, 5) is 9.45. The molecule has 0 saturated heterocycles. The Morgan fingerprint density at radius 2 is 1.86 bits per heavy atom. The minimum absolute atomic E-state index is 0. The average Bonchev–Trinajstić information content (AvgIpc) is 1.36. The fourth-order valence-corrected chi connectivity index (χ4v) is 0. The fraction of sp³-hybridized carbons (Fsp3) is 0.667. The largest absolute Gasteiger partial charge is 0.479 e. The molecular weight excluding hydrogens is 143 g/mol. The van der Waals surface area contributed by atoms with Crippen molar-refractivity contribution < 1.29 is 31.5 Å². The first kappa shape index (κ1) is 10.0. The molecule has 0 saturated carbocycles. The van der Waals surface area contributed by atoms with Crippen molar-refractivity contribution in [2.24, 2.45) is 0 Å². The monoisotopic (exact) mass is 148 g/mol. The summed E-state index contributed by atoms with van der Waals surface area (Å²) in [5.74, 6) is -1.19. The van der Waals surface area contributed by atoms with Crippen LogP contribution in [0.25, 0.3) is 0 Å². The van der Waals surface area contributed by atoms with Gasteiger partial charge in [-0.2, -0.15) is 0 Å². The van der Waals surface area contributed by atoms with Gasteiger partial charge in [0, 0.05) is 16.5 Å². The molecule has 0 fully saturated rings. The zero-order valence-electron chi connectivity index (χ0n) is 3.70. The standard InChI is InChI=1S/C3H6O3.Ni/c1-2(4)3(5)6;/h2,4H,1H3,(H,5,6);. The summed E-state index contributed by atoms with van der Waals surface area (Å²) in [6.07, 6.45) is -1.23. The van der Waals surface area contributed by atoms with Crippen LogP contribution in [0.4, 0.5) is 0 Å². The van der Waals surface area contributed by atoms with Gasteiger partial charge in [-0.1, -0.05) is 0 Å². The third-order valence-electron chi connectivity index (χ3n) is 0.357. The number of rotatable bonds is 1. The second-order valence-electron chi connectivity index (χ2n) is 1.01. The first-order valence-corrected chi connectivity index (χ1v) is 1.55. The van der Waals surface area contributed by atoms with Gasteiger partial charge >= 0.3 is 5.97 Å². The van der Waals surface area contributed by atoms with E-state index in [0.717, 1.165) is 0 Å². The molecule has 0 spiro atoms. The van der Waals surface area contributed by atoms with Gasteiger partial charge in [-0.15, -0.1) is 0 Å². The molecule has 0 rings (SSSR count). The normalized spacial score (nSPS) is 11.7. The van der Waals surface area contributed by atoms with Crippen molar-refractivity contribution in [3.63, 3.8) is 0 Å². The van der Waals surface area contributed by atoms with Crippen molar-refractivity contribution in [1.29, 1.82) is 0 Å². The number of carboxylic acids is 1. The minimum Gasteiger partial charge on any atom is -0.479 e. The number of hydrogen-bond donors (Lipinski definition) is 2. The molecule has 1 unspecified atom stereocenters. The molecule has 0 aromatic carbocycles. The number of aliphatic carboxylic acids is 1. The van der Waals surface area contributed by atoms with Gasteiger partial charge in [0.05, 0.1) is 0 Å². The van der Waals surface area contributed by atoms with E-state index in [0.29, 0.717) is 0 Å². The maximum atomic E-state index is 9.45. The maximum Gasteiger partial charge on any atom is 0.332 e. The molecule has 0 aromatic rings. The van der Waals surface area contributed by atoms with Crippen LogP contribution >= 0.6 is 0 Å². The molecule has 0 aliphatic heterocycles. The van der Waals surface area contributed by atoms with Crippen LogP contribution in [0.2, 0.25) is 0 Å². The van der Waals surface area contributed by atoms with Crippen LogP contribution in [0.5, 0.6) is 0 Å². The second-order valence-corrected chi connectivity index (χ2v) is 1.01. The summed E-state index contributed by atoms with van der Waals surface area (Å²) in [5.41, 5.74) is 0. The molecule has 0 radical (unpaired) electrons. The van der Waals surface area contributed by atoms with Crippen LogP contribution in [0, 0.1) is 0 Å². The van der Waals surface area contributed by atoms with E-state index >= 15 is 0 Å². The van der Waals surface area contributed by atoms with Crippen molar-refractivity contribution in [3.8, 4) is 0 Å². The number of aliphatic hydroxyl groups excluding tert-OH is 1. The molecule has 2 N–H and O–H groups in total. The van der Waals surface area contributed by atoms with Crippen molar-refractivity contribution in [2.45, 2.75) is 13.0 Å². The minimum atomic E-state index is -1.23. The predicted octanol–water partition coefficient (Wildman–Crippen LogP) is -0.551. The summed E-state index contributed by atoms with van der Waals surface area (Å²) in [7, 11) is 0. The Labute approximate surface area is 51.3 Å².